The van der Waals surface area contributed by atoms with Gasteiger partial charge in [-0.2, -0.15) is 0 Å². The molecule has 0 radical (unpaired) electrons. The van der Waals surface area contributed by atoms with Crippen molar-refractivity contribution in [3.8, 4) is 78.6 Å². The molecule has 9 aromatic rings. The number of fused-ring (bicyclic) bond motifs is 1. The number of hydrogen-bond acceptors (Lipinski definition) is 3. The summed E-state index contributed by atoms with van der Waals surface area (Å²) in [6, 6.07) is 35.4. The predicted molar refractivity (Wildman–Crippen MR) is 292 cm³/mol. The fourth-order valence-electron chi connectivity index (χ4n) is 8.22. The van der Waals surface area contributed by atoms with Gasteiger partial charge in [-0.25, -0.2) is 4.98 Å². The zero-order valence-corrected chi connectivity index (χ0v) is 38.9. The van der Waals surface area contributed by atoms with Crippen LogP contribution in [0.15, 0.2) is 158 Å². The fourth-order valence-corrected chi connectivity index (χ4v) is 8.22. The number of aromatic nitrogens is 3. The smallest absolute Gasteiger partial charge is 0.148 e. The van der Waals surface area contributed by atoms with E-state index in [1.165, 1.54) is 60.7 Å². The third-order valence-electron chi connectivity index (χ3n) is 11.7. The summed E-state index contributed by atoms with van der Waals surface area (Å²) in [5.74, 6) is -2.55. The van der Waals surface area contributed by atoms with Gasteiger partial charge in [-0.05, 0) is 109 Å². The van der Waals surface area contributed by atoms with Crippen molar-refractivity contribution in [3.63, 3.8) is 0 Å². The predicted octanol–water partition coefficient (Wildman–Crippen LogP) is 17.4. The second kappa shape index (κ2) is 18.8. The SMILES string of the molecule is [2H]C([2H])([2H])c1cc(-c2ccccc2)ccc1-n1c(-c2cc(C(C([2H])([2H])[2H])(C([2H])([2H])[2H])C([2H])([2H])[2H])cc(C(C([2H])([2H])[2H])(C([2H])([2H])[2H])C([2H])([2H])[2H])c2O)nc2c(-c3[c-]c(-c4cc(-c5cc(C(C([2H])([2H])[2H])(C([2H])([2H])[2H])C([2H])([2H])[2H])cc(C(C([2H])([2H])[2H])(C([2H])([2H])[2H])C([2H])([2H])[2H])c5)ccn4)cc(-c4ccccc4)c3)cccc21.[Pt]. The van der Waals surface area contributed by atoms with Crippen LogP contribution in [0.3, 0.4) is 0 Å². The number of aromatic hydroxyl groups is 1. The molecule has 0 fully saturated rings. The Hall–Kier alpha value is -6.35. The van der Waals surface area contributed by atoms with Crippen molar-refractivity contribution in [2.75, 3.05) is 0 Å². The van der Waals surface area contributed by atoms with Gasteiger partial charge in [0, 0.05) is 92.0 Å². The van der Waals surface area contributed by atoms with Crippen LogP contribution in [0.2, 0.25) is 0 Å². The number of rotatable bonds is 7. The van der Waals surface area contributed by atoms with E-state index in [1.807, 2.05) is 0 Å². The van der Waals surface area contributed by atoms with Gasteiger partial charge in [-0.3, -0.25) is 9.55 Å². The van der Waals surface area contributed by atoms with Crippen LogP contribution in [0.5, 0.6) is 5.75 Å². The van der Waals surface area contributed by atoms with Gasteiger partial charge in [0.05, 0.1) is 22.3 Å². The van der Waals surface area contributed by atoms with Gasteiger partial charge in [0.15, 0.2) is 0 Å². The maximum absolute atomic E-state index is 13.1. The van der Waals surface area contributed by atoms with Gasteiger partial charge in [0.25, 0.3) is 0 Å². The van der Waals surface area contributed by atoms with E-state index in [1.54, 1.807) is 60.7 Å². The topological polar surface area (TPSA) is 50.9 Å². The molecule has 1 N–H and O–H groups in total. The molecule has 0 aliphatic heterocycles. The van der Waals surface area contributed by atoms with Crippen molar-refractivity contribution in [1.29, 1.82) is 0 Å². The Morgan fingerprint density at radius 2 is 1.09 bits per heavy atom. The van der Waals surface area contributed by atoms with E-state index in [2.05, 4.69) is 11.1 Å². The standard InChI is InChI=1S/C65H66N3O.Pt/c1-41-31-44(42-21-16-14-17-22-42)27-28-57(41)68-58-26-20-25-53(59(58)67-61(68)54-39-52(64(8,9)10)40-55(60(54)69)65(11,12)13)48-32-46(43-23-18-15-19-24-43)33-49(34-48)56-37-45(29-30-66-56)47-35-50(62(2,3)4)38-51(36-47)63(5,6)7;/h14-33,35-40,69H,1-13H3;/q-1;/i1D3,2D3,3D3,4D3,5D3,6D3,7D3,8D3,9D3,10D3,11D3,12D3,13D3;. The average Bonchev–Trinajstić information content (AvgIpc) is 1.04. The number of imidazole rings is 1. The second-order valence-electron chi connectivity index (χ2n) is 16.8. The first-order valence-corrected chi connectivity index (χ1v) is 21.1. The molecule has 0 saturated carbocycles. The molecule has 0 atom stereocenters. The van der Waals surface area contributed by atoms with Gasteiger partial charge in [-0.15, -0.1) is 23.8 Å². The summed E-state index contributed by atoms with van der Waals surface area (Å²) in [6.07, 6.45) is 1.10. The number of phenolic OH excluding ortho intramolecular Hbond substituents is 1. The quantitative estimate of drug-likeness (QED) is 0.162. The van der Waals surface area contributed by atoms with E-state index in [9.17, 15) is 5.11 Å². The summed E-state index contributed by atoms with van der Waals surface area (Å²) in [7, 11) is 0. The summed E-state index contributed by atoms with van der Waals surface area (Å²) in [5, 5.41) is 13.1. The van der Waals surface area contributed by atoms with Crippen LogP contribution >= 0.6 is 0 Å². The van der Waals surface area contributed by atoms with Gasteiger partial charge in [0.2, 0.25) is 0 Å². The molecule has 0 unspecified atom stereocenters. The third-order valence-corrected chi connectivity index (χ3v) is 11.7. The number of hydrogen-bond donors (Lipinski definition) is 1. The van der Waals surface area contributed by atoms with E-state index in [0.717, 1.165) is 22.9 Å². The molecule has 0 saturated heterocycles. The van der Waals surface area contributed by atoms with Crippen LogP contribution in [-0.2, 0) is 42.7 Å². The van der Waals surface area contributed by atoms with Gasteiger partial charge < -0.3 is 5.11 Å². The largest absolute Gasteiger partial charge is 0.507 e. The molecule has 7 aromatic carbocycles. The van der Waals surface area contributed by atoms with Crippen molar-refractivity contribution >= 4 is 11.0 Å². The average molecular weight is 1140 g/mol. The summed E-state index contributed by atoms with van der Waals surface area (Å²) in [5.41, 5.74) is -24.7. The van der Waals surface area contributed by atoms with E-state index < -0.39 is 167 Å². The molecule has 9 rings (SSSR count). The Morgan fingerprint density at radius 3 is 1.71 bits per heavy atom. The molecule has 0 aliphatic carbocycles. The zero-order chi connectivity index (χ0) is 81.7. The molecular weight excluding hydrogens is 1030 g/mol. The Morgan fingerprint density at radius 1 is 0.500 bits per heavy atom. The third kappa shape index (κ3) is 9.99. The Kier molecular flexibility index (Phi) is 5.57. The maximum atomic E-state index is 13.1. The van der Waals surface area contributed by atoms with Gasteiger partial charge in [0.1, 0.15) is 11.6 Å². The molecule has 70 heavy (non-hydrogen) atoms. The molecule has 2 heterocycles. The Labute approximate surface area is 486 Å². The molecule has 0 spiro atoms. The number of benzene rings is 7. The van der Waals surface area contributed by atoms with Crippen molar-refractivity contribution in [3.05, 3.63) is 192 Å². The fraction of sp³-hybridized carbons (Fsp3) is 0.262. The number of para-hydroxylation sites is 1. The zero-order valence-electron chi connectivity index (χ0n) is 75.6. The van der Waals surface area contributed by atoms with E-state index >= 15 is 0 Å². The van der Waals surface area contributed by atoms with Crippen molar-refractivity contribution in [2.45, 2.75) is 111 Å². The first-order chi connectivity index (χ1) is 48.8. The van der Waals surface area contributed by atoms with Crippen molar-refractivity contribution in [2.24, 2.45) is 0 Å². The van der Waals surface area contributed by atoms with E-state index in [-0.39, 0.29) is 77.2 Å². The molecule has 0 amide bonds. The maximum Gasteiger partial charge on any atom is 0.148 e. The minimum Gasteiger partial charge on any atom is -0.507 e. The second-order valence-corrected chi connectivity index (χ2v) is 16.8. The first-order valence-electron chi connectivity index (χ1n) is 40.6. The monoisotopic (exact) mass is 1140 g/mol. The van der Waals surface area contributed by atoms with Crippen molar-refractivity contribution < 1.29 is 79.6 Å². The van der Waals surface area contributed by atoms with Crippen LogP contribution in [-0.4, -0.2) is 19.6 Å². The Bertz CT molecular complexity index is 4650. The molecule has 0 aliphatic rings. The van der Waals surface area contributed by atoms with Crippen LogP contribution in [0, 0.1) is 12.9 Å². The minimum absolute atomic E-state index is 0. The van der Waals surface area contributed by atoms with E-state index in [0.29, 0.717) is 23.3 Å². The number of aryl methyl sites for hydroxylation is 1. The van der Waals surface area contributed by atoms with Gasteiger partial charge >= 0.3 is 0 Å². The summed E-state index contributed by atoms with van der Waals surface area (Å²) < 4.78 is 342. The minimum atomic E-state index is -4.40. The molecule has 0 bridgehead atoms. The van der Waals surface area contributed by atoms with Crippen LogP contribution in [0.25, 0.3) is 83.9 Å². The summed E-state index contributed by atoms with van der Waals surface area (Å²) >= 11 is 0. The molecule has 5 heteroatoms. The van der Waals surface area contributed by atoms with Gasteiger partial charge in [-0.1, -0.05) is 208 Å². The first kappa shape index (κ1) is 20.8. The molecular formula is C65H66N3OPt-. The number of nitrogens with zero attached hydrogens (tertiary/aromatic N) is 3. The van der Waals surface area contributed by atoms with Crippen LogP contribution in [0.1, 0.15) is 163 Å². The Balaban J connectivity index is 0.0000150. The molecule has 4 nitrogen and oxygen atoms in total. The normalized spacial score (nSPS) is 22.9. The van der Waals surface area contributed by atoms with E-state index in [4.69, 9.17) is 58.4 Å². The summed E-state index contributed by atoms with van der Waals surface area (Å²) in [4.78, 5) is 9.50. The van der Waals surface area contributed by atoms with Crippen molar-refractivity contribution in [1.82, 2.24) is 14.5 Å². The number of pyridine rings is 1. The number of phenols is 1. The molecule has 2 aromatic heterocycles. The van der Waals surface area contributed by atoms with Crippen LogP contribution in [0.4, 0.5) is 0 Å². The van der Waals surface area contributed by atoms with Crippen LogP contribution < -0.4 is 0 Å². The summed E-state index contributed by atoms with van der Waals surface area (Å²) in [6.45, 7) is -53.7. The molecule has 358 valence electrons.